The summed E-state index contributed by atoms with van der Waals surface area (Å²) in [5.74, 6) is 0.836. The third-order valence-electron chi connectivity index (χ3n) is 3.21. The van der Waals surface area contributed by atoms with Gasteiger partial charge in [-0.05, 0) is 36.6 Å². The number of halogens is 1. The zero-order chi connectivity index (χ0) is 15.4. The van der Waals surface area contributed by atoms with E-state index in [4.69, 9.17) is 16.3 Å². The molecule has 1 atom stereocenters. The lowest BCUT2D eigenvalue weighted by atomic mass is 10.0. The summed E-state index contributed by atoms with van der Waals surface area (Å²) < 4.78 is 5.50. The second-order valence-electron chi connectivity index (χ2n) is 5.42. The molecule has 0 aromatic heterocycles. The van der Waals surface area contributed by atoms with Gasteiger partial charge in [-0.15, -0.1) is 0 Å². The SMILES string of the molecule is CC(C)CC1NC(=O)N(CCOc2ccc(Cl)cc2)C1=O. The van der Waals surface area contributed by atoms with Crippen LogP contribution in [0.2, 0.25) is 5.02 Å². The Bertz CT molecular complexity index is 516. The van der Waals surface area contributed by atoms with E-state index in [1.165, 1.54) is 4.90 Å². The van der Waals surface area contributed by atoms with Gasteiger partial charge in [0.1, 0.15) is 18.4 Å². The number of rotatable bonds is 6. The van der Waals surface area contributed by atoms with Crippen LogP contribution in [0.25, 0.3) is 0 Å². The molecule has 5 nitrogen and oxygen atoms in total. The topological polar surface area (TPSA) is 58.6 Å². The Balaban J connectivity index is 1.84. The molecule has 0 radical (unpaired) electrons. The van der Waals surface area contributed by atoms with Crippen LogP contribution >= 0.6 is 11.6 Å². The van der Waals surface area contributed by atoms with Gasteiger partial charge in [-0.3, -0.25) is 9.69 Å². The molecule has 0 spiro atoms. The van der Waals surface area contributed by atoms with Crippen molar-refractivity contribution in [2.75, 3.05) is 13.2 Å². The van der Waals surface area contributed by atoms with Crippen molar-refractivity contribution < 1.29 is 14.3 Å². The summed E-state index contributed by atoms with van der Waals surface area (Å²) in [5.41, 5.74) is 0. The first-order chi connectivity index (χ1) is 9.97. The number of nitrogens with one attached hydrogen (secondary N) is 1. The molecular weight excluding hydrogens is 292 g/mol. The average Bonchev–Trinajstić information content (AvgIpc) is 2.67. The molecule has 3 amide bonds. The Morgan fingerprint density at radius 1 is 1.29 bits per heavy atom. The van der Waals surface area contributed by atoms with Gasteiger partial charge in [-0.2, -0.15) is 0 Å². The Kier molecular flexibility index (Phi) is 5.07. The van der Waals surface area contributed by atoms with Gasteiger partial charge in [0.25, 0.3) is 5.91 Å². The predicted octanol–water partition coefficient (Wildman–Crippen LogP) is 2.69. The predicted molar refractivity (Wildman–Crippen MR) is 80.4 cm³/mol. The van der Waals surface area contributed by atoms with Crippen LogP contribution in [0.15, 0.2) is 24.3 Å². The molecule has 1 aromatic rings. The van der Waals surface area contributed by atoms with Gasteiger partial charge >= 0.3 is 6.03 Å². The number of carbonyl (C=O) groups excluding carboxylic acids is 2. The van der Waals surface area contributed by atoms with Crippen molar-refractivity contribution in [2.45, 2.75) is 26.3 Å². The number of nitrogens with zero attached hydrogens (tertiary/aromatic N) is 1. The monoisotopic (exact) mass is 310 g/mol. The molecule has 1 aromatic carbocycles. The van der Waals surface area contributed by atoms with E-state index >= 15 is 0 Å². The maximum atomic E-state index is 12.1. The van der Waals surface area contributed by atoms with Crippen LogP contribution in [0.4, 0.5) is 4.79 Å². The number of carbonyl (C=O) groups is 2. The molecule has 1 unspecified atom stereocenters. The fraction of sp³-hybridized carbons (Fsp3) is 0.467. The molecule has 114 valence electrons. The molecule has 0 saturated carbocycles. The lowest BCUT2D eigenvalue weighted by molar-refractivity contribution is -0.128. The second kappa shape index (κ2) is 6.80. The number of hydrogen-bond acceptors (Lipinski definition) is 3. The first kappa shape index (κ1) is 15.6. The quantitative estimate of drug-likeness (QED) is 0.822. The minimum Gasteiger partial charge on any atom is -0.492 e. The molecule has 6 heteroatoms. The van der Waals surface area contributed by atoms with Crippen molar-refractivity contribution in [3.05, 3.63) is 29.3 Å². The van der Waals surface area contributed by atoms with Crippen molar-refractivity contribution in [1.29, 1.82) is 0 Å². The highest BCUT2D eigenvalue weighted by Gasteiger charge is 2.37. The fourth-order valence-electron chi connectivity index (χ4n) is 2.21. The standard InChI is InChI=1S/C15H19ClN2O3/c1-10(2)9-13-14(19)18(15(20)17-13)7-8-21-12-5-3-11(16)4-6-12/h3-6,10,13H,7-9H2,1-2H3,(H,17,20). The van der Waals surface area contributed by atoms with Crippen molar-refractivity contribution in [3.63, 3.8) is 0 Å². The van der Waals surface area contributed by atoms with Crippen LogP contribution in [-0.2, 0) is 4.79 Å². The summed E-state index contributed by atoms with van der Waals surface area (Å²) in [4.78, 5) is 25.1. The van der Waals surface area contributed by atoms with E-state index in [1.807, 2.05) is 13.8 Å². The number of ether oxygens (including phenoxy) is 1. The van der Waals surface area contributed by atoms with Crippen LogP contribution in [0, 0.1) is 5.92 Å². The van der Waals surface area contributed by atoms with Gasteiger partial charge in [0.2, 0.25) is 0 Å². The molecule has 0 aliphatic carbocycles. The summed E-state index contributed by atoms with van der Waals surface area (Å²) in [5, 5.41) is 3.34. The lowest BCUT2D eigenvalue weighted by Crippen LogP contribution is -2.35. The molecule has 1 N–H and O–H groups in total. The fourth-order valence-corrected chi connectivity index (χ4v) is 2.33. The van der Waals surface area contributed by atoms with Crippen LogP contribution in [0.3, 0.4) is 0 Å². The largest absolute Gasteiger partial charge is 0.492 e. The first-order valence-electron chi connectivity index (χ1n) is 6.97. The van der Waals surface area contributed by atoms with E-state index in [0.29, 0.717) is 23.1 Å². The van der Waals surface area contributed by atoms with Crippen molar-refractivity contribution in [2.24, 2.45) is 5.92 Å². The Labute approximate surface area is 129 Å². The molecule has 0 bridgehead atoms. The maximum absolute atomic E-state index is 12.1. The van der Waals surface area contributed by atoms with Gasteiger partial charge in [0.05, 0.1) is 6.54 Å². The summed E-state index contributed by atoms with van der Waals surface area (Å²) in [6.45, 7) is 4.54. The van der Waals surface area contributed by atoms with E-state index in [-0.39, 0.29) is 25.1 Å². The zero-order valence-corrected chi connectivity index (χ0v) is 12.9. The van der Waals surface area contributed by atoms with Crippen LogP contribution < -0.4 is 10.1 Å². The number of imide groups is 1. The molecule has 21 heavy (non-hydrogen) atoms. The van der Waals surface area contributed by atoms with E-state index in [0.717, 1.165) is 0 Å². The number of amides is 3. The summed E-state index contributed by atoms with van der Waals surface area (Å²) in [7, 11) is 0. The van der Waals surface area contributed by atoms with Crippen LogP contribution in [0.5, 0.6) is 5.75 Å². The summed E-state index contributed by atoms with van der Waals surface area (Å²) in [6.07, 6.45) is 0.652. The molecule has 2 rings (SSSR count). The summed E-state index contributed by atoms with van der Waals surface area (Å²) >= 11 is 5.78. The lowest BCUT2D eigenvalue weighted by Gasteiger charge is -2.14. The van der Waals surface area contributed by atoms with Crippen LogP contribution in [-0.4, -0.2) is 36.0 Å². The molecule has 1 aliphatic heterocycles. The minimum absolute atomic E-state index is 0.173. The van der Waals surface area contributed by atoms with Crippen LogP contribution in [0.1, 0.15) is 20.3 Å². The number of hydrogen-bond donors (Lipinski definition) is 1. The van der Waals surface area contributed by atoms with Gasteiger partial charge in [0.15, 0.2) is 0 Å². The molecule has 1 aliphatic rings. The highest BCUT2D eigenvalue weighted by molar-refractivity contribution is 6.30. The number of benzene rings is 1. The first-order valence-corrected chi connectivity index (χ1v) is 7.35. The molecule has 1 fully saturated rings. The maximum Gasteiger partial charge on any atom is 0.324 e. The Morgan fingerprint density at radius 3 is 2.57 bits per heavy atom. The van der Waals surface area contributed by atoms with Crippen molar-refractivity contribution in [3.8, 4) is 5.75 Å². The van der Waals surface area contributed by atoms with E-state index in [1.54, 1.807) is 24.3 Å². The highest BCUT2D eigenvalue weighted by atomic mass is 35.5. The normalized spacial score (nSPS) is 18.3. The zero-order valence-electron chi connectivity index (χ0n) is 12.1. The van der Waals surface area contributed by atoms with E-state index in [2.05, 4.69) is 5.32 Å². The van der Waals surface area contributed by atoms with Gasteiger partial charge in [-0.1, -0.05) is 25.4 Å². The van der Waals surface area contributed by atoms with Gasteiger partial charge in [0, 0.05) is 5.02 Å². The van der Waals surface area contributed by atoms with Crippen molar-refractivity contribution >= 4 is 23.5 Å². The minimum atomic E-state index is -0.409. The van der Waals surface area contributed by atoms with E-state index < -0.39 is 6.04 Å². The van der Waals surface area contributed by atoms with Crippen molar-refractivity contribution in [1.82, 2.24) is 10.2 Å². The Hall–Kier alpha value is -1.75. The highest BCUT2D eigenvalue weighted by Crippen LogP contribution is 2.16. The van der Waals surface area contributed by atoms with E-state index in [9.17, 15) is 9.59 Å². The molecule has 1 saturated heterocycles. The smallest absolute Gasteiger partial charge is 0.324 e. The average molecular weight is 311 g/mol. The third-order valence-corrected chi connectivity index (χ3v) is 3.46. The van der Waals surface area contributed by atoms with Gasteiger partial charge in [-0.25, -0.2) is 4.79 Å². The Morgan fingerprint density at radius 2 is 1.95 bits per heavy atom. The summed E-state index contributed by atoms with van der Waals surface area (Å²) in [6, 6.07) is 6.19. The molecular formula is C15H19ClN2O3. The molecule has 1 heterocycles. The second-order valence-corrected chi connectivity index (χ2v) is 5.86. The number of urea groups is 1. The third kappa shape index (κ3) is 4.11. The van der Waals surface area contributed by atoms with Gasteiger partial charge < -0.3 is 10.1 Å².